The molecule has 0 radical (unpaired) electrons. The van der Waals surface area contributed by atoms with Crippen molar-refractivity contribution in [2.24, 2.45) is 11.7 Å². The van der Waals surface area contributed by atoms with Crippen LogP contribution < -0.4 is 21.7 Å². The lowest BCUT2D eigenvalue weighted by Crippen LogP contribution is -2.45. The van der Waals surface area contributed by atoms with Crippen molar-refractivity contribution in [1.82, 2.24) is 16.0 Å². The number of ether oxygens (including phenoxy) is 4. The summed E-state index contributed by atoms with van der Waals surface area (Å²) in [5.41, 5.74) is 5.33. The molecule has 0 rings (SSSR count). The summed E-state index contributed by atoms with van der Waals surface area (Å²) in [5.74, 6) is -0.568. The van der Waals surface area contributed by atoms with Gasteiger partial charge in [0.05, 0.1) is 33.0 Å². The third-order valence-corrected chi connectivity index (χ3v) is 4.47. The van der Waals surface area contributed by atoms with Gasteiger partial charge in [-0.3, -0.25) is 14.4 Å². The van der Waals surface area contributed by atoms with Crippen LogP contribution in [0.3, 0.4) is 0 Å². The van der Waals surface area contributed by atoms with E-state index in [1.165, 1.54) is 0 Å². The molecule has 0 fully saturated rings. The normalized spacial score (nSPS) is 12.0. The molecule has 0 unspecified atom stereocenters. The zero-order valence-electron chi connectivity index (χ0n) is 20.5. The van der Waals surface area contributed by atoms with Crippen LogP contribution in [0.5, 0.6) is 0 Å². The molecule has 0 aromatic heterocycles. The number of primary amides is 1. The largest absolute Gasteiger partial charge is 0.379 e. The lowest BCUT2D eigenvalue weighted by Gasteiger charge is -2.15. The van der Waals surface area contributed by atoms with E-state index in [1.807, 2.05) is 7.05 Å². The van der Waals surface area contributed by atoms with E-state index in [4.69, 9.17) is 24.7 Å². The zero-order chi connectivity index (χ0) is 24.7. The van der Waals surface area contributed by atoms with E-state index in [-0.39, 0.29) is 32.3 Å². The Labute approximate surface area is 197 Å². The summed E-state index contributed by atoms with van der Waals surface area (Å²) >= 11 is 0. The van der Waals surface area contributed by atoms with Gasteiger partial charge in [-0.2, -0.15) is 0 Å². The summed E-state index contributed by atoms with van der Waals surface area (Å²) in [6.07, 6.45) is 3.17. The Morgan fingerprint density at radius 1 is 0.758 bits per heavy atom. The van der Waals surface area contributed by atoms with Crippen LogP contribution in [0.25, 0.3) is 0 Å². The Morgan fingerprint density at radius 2 is 1.36 bits per heavy atom. The predicted octanol–water partition coefficient (Wildman–Crippen LogP) is -0.425. The van der Waals surface area contributed by atoms with Crippen molar-refractivity contribution in [1.29, 1.82) is 0 Å². The molecule has 0 bridgehead atoms. The van der Waals surface area contributed by atoms with Crippen LogP contribution in [-0.2, 0) is 33.3 Å². The number of hydrogen-bond donors (Lipinski definition) is 4. The highest BCUT2D eigenvalue weighted by molar-refractivity contribution is 5.86. The molecular formula is C22H44N4O7. The van der Waals surface area contributed by atoms with Gasteiger partial charge in [0.15, 0.2) is 0 Å². The Bertz CT molecular complexity index is 521. The van der Waals surface area contributed by atoms with Gasteiger partial charge in [-0.05, 0) is 45.2 Å². The topological polar surface area (TPSA) is 150 Å². The Hall–Kier alpha value is -1.79. The molecule has 0 spiro atoms. The quantitative estimate of drug-likeness (QED) is 0.145. The van der Waals surface area contributed by atoms with Gasteiger partial charge in [-0.1, -0.05) is 13.8 Å². The molecule has 11 nitrogen and oxygen atoms in total. The van der Waals surface area contributed by atoms with Crippen LogP contribution >= 0.6 is 0 Å². The Kier molecular flexibility index (Phi) is 20.8. The fourth-order valence-corrected chi connectivity index (χ4v) is 2.57. The number of amides is 3. The Balaban J connectivity index is 3.56. The minimum Gasteiger partial charge on any atom is -0.379 e. The molecule has 0 saturated carbocycles. The molecule has 5 N–H and O–H groups in total. The van der Waals surface area contributed by atoms with Gasteiger partial charge < -0.3 is 40.6 Å². The van der Waals surface area contributed by atoms with Gasteiger partial charge in [0.2, 0.25) is 17.7 Å². The molecular weight excluding hydrogens is 432 g/mol. The van der Waals surface area contributed by atoms with Crippen LogP contribution in [0.15, 0.2) is 0 Å². The van der Waals surface area contributed by atoms with Crippen molar-refractivity contribution in [3.8, 4) is 0 Å². The number of carbonyl (C=O) groups is 3. The molecule has 11 heteroatoms. The highest BCUT2D eigenvalue weighted by Crippen LogP contribution is 2.00. The minimum absolute atomic E-state index is 0.0203. The van der Waals surface area contributed by atoms with E-state index in [9.17, 15) is 14.4 Å². The highest BCUT2D eigenvalue weighted by atomic mass is 16.5. The molecule has 0 aromatic rings. The van der Waals surface area contributed by atoms with Gasteiger partial charge in [-0.25, -0.2) is 0 Å². The molecule has 1 atom stereocenters. The average molecular weight is 477 g/mol. The summed E-state index contributed by atoms with van der Waals surface area (Å²) in [7, 11) is 1.86. The lowest BCUT2D eigenvalue weighted by atomic mass is 10.1. The van der Waals surface area contributed by atoms with E-state index >= 15 is 0 Å². The zero-order valence-corrected chi connectivity index (χ0v) is 20.5. The van der Waals surface area contributed by atoms with E-state index in [0.717, 1.165) is 25.8 Å². The van der Waals surface area contributed by atoms with Gasteiger partial charge >= 0.3 is 0 Å². The first-order valence-electron chi connectivity index (χ1n) is 11.7. The highest BCUT2D eigenvalue weighted by Gasteiger charge is 2.17. The first-order valence-corrected chi connectivity index (χ1v) is 11.7. The first kappa shape index (κ1) is 31.2. The van der Waals surface area contributed by atoms with Crippen molar-refractivity contribution in [3.05, 3.63) is 0 Å². The van der Waals surface area contributed by atoms with Gasteiger partial charge in [0.25, 0.3) is 0 Å². The number of hydrogen-bond acceptors (Lipinski definition) is 8. The van der Waals surface area contributed by atoms with E-state index < -0.39 is 17.9 Å². The molecule has 0 saturated heterocycles. The van der Waals surface area contributed by atoms with Crippen molar-refractivity contribution in [3.63, 3.8) is 0 Å². The molecule has 0 aromatic carbocycles. The molecule has 0 aliphatic heterocycles. The smallest absolute Gasteiger partial charge is 0.246 e. The number of carbonyl (C=O) groups excluding carboxylic acids is 3. The van der Waals surface area contributed by atoms with E-state index in [0.29, 0.717) is 45.3 Å². The number of rotatable bonds is 23. The molecule has 33 heavy (non-hydrogen) atoms. The monoisotopic (exact) mass is 476 g/mol. The second-order valence-electron chi connectivity index (χ2n) is 7.98. The standard InChI is InChI=1S/C22H44N4O7/c1-18(2)7-10-30-12-14-32-16-20(27)25-9-11-31-13-15-33-17-21(28)26-19(22(23)29)6-4-5-8-24-3/h18-19,24H,4-17H2,1-3H3,(H2,23,29)(H,25,27)(H,26,28)/t19-/m1/s1. The summed E-state index contributed by atoms with van der Waals surface area (Å²) in [4.78, 5) is 35.0. The molecule has 0 heterocycles. The lowest BCUT2D eigenvalue weighted by molar-refractivity contribution is -0.131. The maximum Gasteiger partial charge on any atom is 0.246 e. The fraction of sp³-hybridized carbons (Fsp3) is 0.864. The average Bonchev–Trinajstić information content (AvgIpc) is 2.76. The third-order valence-electron chi connectivity index (χ3n) is 4.47. The summed E-state index contributed by atoms with van der Waals surface area (Å²) in [5, 5.41) is 8.29. The van der Waals surface area contributed by atoms with Crippen LogP contribution in [0, 0.1) is 5.92 Å². The molecule has 0 aliphatic rings. The number of nitrogens with two attached hydrogens (primary N) is 1. The van der Waals surface area contributed by atoms with Crippen LogP contribution in [-0.4, -0.2) is 96.8 Å². The van der Waals surface area contributed by atoms with Crippen molar-refractivity contribution < 1.29 is 33.3 Å². The SMILES string of the molecule is CNCCCC[C@@H](NC(=O)COCCOCCNC(=O)COCCOCCC(C)C)C(N)=O. The third kappa shape index (κ3) is 21.8. The summed E-state index contributed by atoms with van der Waals surface area (Å²) in [6.45, 7) is 7.61. The van der Waals surface area contributed by atoms with Gasteiger partial charge in [-0.15, -0.1) is 0 Å². The van der Waals surface area contributed by atoms with Crippen molar-refractivity contribution >= 4 is 17.7 Å². The summed E-state index contributed by atoms with van der Waals surface area (Å²) in [6, 6.07) is -0.695. The molecule has 3 amide bonds. The first-order chi connectivity index (χ1) is 15.9. The molecule has 0 aliphatic carbocycles. The fourth-order valence-electron chi connectivity index (χ4n) is 2.57. The number of nitrogens with one attached hydrogen (secondary N) is 3. The van der Waals surface area contributed by atoms with Crippen LogP contribution in [0.4, 0.5) is 0 Å². The predicted molar refractivity (Wildman–Crippen MR) is 125 cm³/mol. The van der Waals surface area contributed by atoms with Crippen molar-refractivity contribution in [2.75, 3.05) is 73.0 Å². The van der Waals surface area contributed by atoms with E-state index in [1.54, 1.807) is 0 Å². The minimum atomic E-state index is -0.695. The Morgan fingerprint density at radius 3 is 1.97 bits per heavy atom. The second kappa shape index (κ2) is 22.0. The molecule has 194 valence electrons. The maximum atomic E-state index is 11.9. The van der Waals surface area contributed by atoms with Crippen LogP contribution in [0.2, 0.25) is 0 Å². The van der Waals surface area contributed by atoms with Crippen molar-refractivity contribution in [2.45, 2.75) is 45.6 Å². The number of unbranched alkanes of at least 4 members (excludes halogenated alkanes) is 1. The van der Waals surface area contributed by atoms with Gasteiger partial charge in [0.1, 0.15) is 19.3 Å². The summed E-state index contributed by atoms with van der Waals surface area (Å²) < 4.78 is 21.2. The van der Waals surface area contributed by atoms with Gasteiger partial charge in [0, 0.05) is 13.2 Å². The van der Waals surface area contributed by atoms with Crippen LogP contribution in [0.1, 0.15) is 39.5 Å². The second-order valence-corrected chi connectivity index (χ2v) is 7.98. The van der Waals surface area contributed by atoms with E-state index in [2.05, 4.69) is 29.8 Å². The maximum absolute atomic E-state index is 11.9.